The summed E-state index contributed by atoms with van der Waals surface area (Å²) in [6.45, 7) is 4.06. The molecule has 1 N–H and O–H groups in total. The molecule has 1 rings (SSSR count). The SMILES string of the molecule is CCCNCC(F)(F)CN1CCCC1. The molecule has 14 heavy (non-hydrogen) atoms. The van der Waals surface area contributed by atoms with Crippen LogP contribution in [0.5, 0.6) is 0 Å². The van der Waals surface area contributed by atoms with Crippen molar-refractivity contribution in [3.05, 3.63) is 0 Å². The molecule has 0 aromatic rings. The Labute approximate surface area is 84.7 Å². The van der Waals surface area contributed by atoms with E-state index in [-0.39, 0.29) is 13.1 Å². The molecular formula is C10H20F2N2. The molecule has 84 valence electrons. The Balaban J connectivity index is 2.18. The van der Waals surface area contributed by atoms with Gasteiger partial charge in [-0.1, -0.05) is 6.92 Å². The second kappa shape index (κ2) is 5.61. The van der Waals surface area contributed by atoms with Crippen molar-refractivity contribution in [2.45, 2.75) is 32.1 Å². The van der Waals surface area contributed by atoms with Crippen LogP contribution in [0.25, 0.3) is 0 Å². The third-order valence-electron chi connectivity index (χ3n) is 2.46. The molecule has 1 heterocycles. The van der Waals surface area contributed by atoms with Gasteiger partial charge in [0.15, 0.2) is 0 Å². The third kappa shape index (κ3) is 4.33. The van der Waals surface area contributed by atoms with Crippen molar-refractivity contribution in [3.63, 3.8) is 0 Å². The lowest BCUT2D eigenvalue weighted by molar-refractivity contribution is -0.0252. The van der Waals surface area contributed by atoms with Gasteiger partial charge in [-0.2, -0.15) is 0 Å². The topological polar surface area (TPSA) is 15.3 Å². The fraction of sp³-hybridized carbons (Fsp3) is 1.00. The van der Waals surface area contributed by atoms with E-state index in [1.807, 2.05) is 11.8 Å². The largest absolute Gasteiger partial charge is 0.311 e. The Morgan fingerprint density at radius 2 is 1.93 bits per heavy atom. The molecule has 0 aromatic heterocycles. The molecule has 0 bridgehead atoms. The Kier molecular flexibility index (Phi) is 4.75. The van der Waals surface area contributed by atoms with Crippen LogP contribution in [-0.4, -0.2) is 43.5 Å². The van der Waals surface area contributed by atoms with Gasteiger partial charge in [0.05, 0.1) is 13.1 Å². The molecule has 0 aromatic carbocycles. The van der Waals surface area contributed by atoms with Gasteiger partial charge < -0.3 is 5.32 Å². The van der Waals surface area contributed by atoms with Gasteiger partial charge in [0.2, 0.25) is 0 Å². The van der Waals surface area contributed by atoms with E-state index in [9.17, 15) is 8.78 Å². The molecule has 1 saturated heterocycles. The van der Waals surface area contributed by atoms with Gasteiger partial charge in [-0.25, -0.2) is 8.78 Å². The minimum Gasteiger partial charge on any atom is -0.311 e. The van der Waals surface area contributed by atoms with Gasteiger partial charge in [0.1, 0.15) is 0 Å². The van der Waals surface area contributed by atoms with Crippen molar-refractivity contribution in [1.82, 2.24) is 10.2 Å². The highest BCUT2D eigenvalue weighted by molar-refractivity contribution is 4.77. The summed E-state index contributed by atoms with van der Waals surface area (Å²) < 4.78 is 26.6. The summed E-state index contributed by atoms with van der Waals surface area (Å²) in [6, 6.07) is 0. The van der Waals surface area contributed by atoms with Crippen LogP contribution >= 0.6 is 0 Å². The summed E-state index contributed by atoms with van der Waals surface area (Å²) in [5, 5.41) is 2.77. The maximum atomic E-state index is 13.3. The zero-order valence-electron chi connectivity index (χ0n) is 8.86. The third-order valence-corrected chi connectivity index (χ3v) is 2.46. The first-order chi connectivity index (χ1) is 6.64. The molecule has 1 aliphatic rings. The maximum absolute atomic E-state index is 13.3. The average molecular weight is 206 g/mol. The van der Waals surface area contributed by atoms with E-state index in [0.717, 1.165) is 32.4 Å². The van der Waals surface area contributed by atoms with E-state index in [1.54, 1.807) is 0 Å². The van der Waals surface area contributed by atoms with Crippen LogP contribution in [0.1, 0.15) is 26.2 Å². The molecule has 1 aliphatic heterocycles. The van der Waals surface area contributed by atoms with Gasteiger partial charge in [-0.3, -0.25) is 4.90 Å². The molecule has 0 aliphatic carbocycles. The summed E-state index contributed by atoms with van der Waals surface area (Å²) >= 11 is 0. The number of alkyl halides is 2. The highest BCUT2D eigenvalue weighted by Crippen LogP contribution is 2.17. The number of hydrogen-bond acceptors (Lipinski definition) is 2. The summed E-state index contributed by atoms with van der Waals surface area (Å²) in [5.74, 6) is -2.57. The standard InChI is InChI=1S/C10H20F2N2/c1-2-5-13-8-10(11,12)9-14-6-3-4-7-14/h13H,2-9H2,1H3. The van der Waals surface area contributed by atoms with E-state index in [4.69, 9.17) is 0 Å². The first-order valence-electron chi connectivity index (χ1n) is 5.45. The maximum Gasteiger partial charge on any atom is 0.272 e. The van der Waals surface area contributed by atoms with Gasteiger partial charge in [0, 0.05) is 0 Å². The predicted octanol–water partition coefficient (Wildman–Crippen LogP) is 1.72. The monoisotopic (exact) mass is 206 g/mol. The minimum absolute atomic E-state index is 0.0796. The number of rotatable bonds is 6. The summed E-state index contributed by atoms with van der Waals surface area (Å²) in [5.41, 5.74) is 0. The highest BCUT2D eigenvalue weighted by Gasteiger charge is 2.31. The first kappa shape index (κ1) is 11.9. The normalized spacial score (nSPS) is 19.1. The molecular weight excluding hydrogens is 186 g/mol. The minimum atomic E-state index is -2.57. The van der Waals surface area contributed by atoms with Crippen LogP contribution in [0.4, 0.5) is 8.78 Å². The molecule has 1 fully saturated rings. The molecule has 0 radical (unpaired) electrons. The van der Waals surface area contributed by atoms with Crippen LogP contribution in [0.15, 0.2) is 0 Å². The van der Waals surface area contributed by atoms with Crippen LogP contribution < -0.4 is 5.32 Å². The number of halogens is 2. The molecule has 0 atom stereocenters. The fourth-order valence-electron chi connectivity index (χ4n) is 1.77. The van der Waals surface area contributed by atoms with Gasteiger partial charge in [0.25, 0.3) is 5.92 Å². The number of hydrogen-bond donors (Lipinski definition) is 1. The average Bonchev–Trinajstić information content (AvgIpc) is 2.56. The van der Waals surface area contributed by atoms with Gasteiger partial charge in [-0.05, 0) is 38.9 Å². The Hall–Kier alpha value is -0.220. The lowest BCUT2D eigenvalue weighted by atomic mass is 10.3. The van der Waals surface area contributed by atoms with Crippen molar-refractivity contribution in [2.24, 2.45) is 0 Å². The molecule has 0 saturated carbocycles. The molecule has 0 unspecified atom stereocenters. The van der Waals surface area contributed by atoms with Gasteiger partial charge in [-0.15, -0.1) is 0 Å². The van der Waals surface area contributed by atoms with Crippen LogP contribution in [0.2, 0.25) is 0 Å². The zero-order chi connectivity index (χ0) is 10.4. The van der Waals surface area contributed by atoms with Crippen LogP contribution in [0, 0.1) is 0 Å². The van der Waals surface area contributed by atoms with E-state index in [0.29, 0.717) is 6.54 Å². The van der Waals surface area contributed by atoms with Crippen molar-refractivity contribution < 1.29 is 8.78 Å². The second-order valence-electron chi connectivity index (χ2n) is 4.02. The van der Waals surface area contributed by atoms with Crippen LogP contribution in [-0.2, 0) is 0 Å². The Morgan fingerprint density at radius 1 is 1.29 bits per heavy atom. The lowest BCUT2D eigenvalue weighted by Crippen LogP contribution is -2.42. The van der Waals surface area contributed by atoms with Crippen LogP contribution in [0.3, 0.4) is 0 Å². The Morgan fingerprint density at radius 3 is 2.50 bits per heavy atom. The number of nitrogens with one attached hydrogen (secondary N) is 1. The van der Waals surface area contributed by atoms with E-state index >= 15 is 0 Å². The van der Waals surface area contributed by atoms with Crippen molar-refractivity contribution in [2.75, 3.05) is 32.7 Å². The van der Waals surface area contributed by atoms with E-state index in [2.05, 4.69) is 5.32 Å². The van der Waals surface area contributed by atoms with Gasteiger partial charge >= 0.3 is 0 Å². The number of likely N-dealkylation sites (tertiary alicyclic amines) is 1. The smallest absolute Gasteiger partial charge is 0.272 e. The van der Waals surface area contributed by atoms with Crippen molar-refractivity contribution >= 4 is 0 Å². The molecule has 4 heteroatoms. The second-order valence-corrected chi connectivity index (χ2v) is 4.02. The van der Waals surface area contributed by atoms with Crippen molar-refractivity contribution in [1.29, 1.82) is 0 Å². The molecule has 0 spiro atoms. The highest BCUT2D eigenvalue weighted by atomic mass is 19.3. The quantitative estimate of drug-likeness (QED) is 0.666. The summed E-state index contributed by atoms with van der Waals surface area (Å²) in [7, 11) is 0. The Bertz CT molecular complexity index is 156. The van der Waals surface area contributed by atoms with Crippen molar-refractivity contribution in [3.8, 4) is 0 Å². The molecule has 0 amide bonds. The van der Waals surface area contributed by atoms with E-state index < -0.39 is 5.92 Å². The number of nitrogens with zero attached hydrogens (tertiary/aromatic N) is 1. The van der Waals surface area contributed by atoms with E-state index in [1.165, 1.54) is 0 Å². The molecule has 2 nitrogen and oxygen atoms in total. The lowest BCUT2D eigenvalue weighted by Gasteiger charge is -2.23. The predicted molar refractivity (Wildman–Crippen MR) is 53.8 cm³/mol. The first-order valence-corrected chi connectivity index (χ1v) is 5.45. The zero-order valence-corrected chi connectivity index (χ0v) is 8.86. The summed E-state index contributed by atoms with van der Waals surface area (Å²) in [4.78, 5) is 1.85. The summed E-state index contributed by atoms with van der Waals surface area (Å²) in [6.07, 6.45) is 3.04. The fourth-order valence-corrected chi connectivity index (χ4v) is 1.77.